The minimum atomic E-state index is 0.321. The Hall–Kier alpha value is -0.570. The lowest BCUT2D eigenvalue weighted by atomic mass is 9.83. The molecule has 1 fully saturated rings. The summed E-state index contributed by atoms with van der Waals surface area (Å²) >= 11 is 0. The summed E-state index contributed by atoms with van der Waals surface area (Å²) in [6, 6.07) is 0.759. The fraction of sp³-hybridized carbons (Fsp3) is 0.857. The molecule has 3 heteroatoms. The highest BCUT2D eigenvalue weighted by atomic mass is 15.3. The van der Waals surface area contributed by atoms with E-state index in [4.69, 9.17) is 5.73 Å². The van der Waals surface area contributed by atoms with Crippen LogP contribution in [0.1, 0.15) is 19.3 Å². The maximum atomic E-state index is 5.88. The van der Waals surface area contributed by atoms with Crippen molar-refractivity contribution < 1.29 is 0 Å². The third-order valence-electron chi connectivity index (χ3n) is 2.49. The predicted molar refractivity (Wildman–Crippen MR) is 40.7 cm³/mol. The van der Waals surface area contributed by atoms with Gasteiger partial charge in [0.05, 0.1) is 6.04 Å². The van der Waals surface area contributed by atoms with Gasteiger partial charge in [-0.25, -0.2) is 0 Å². The average molecular weight is 139 g/mol. The van der Waals surface area contributed by atoms with Gasteiger partial charge in [-0.05, 0) is 12.8 Å². The van der Waals surface area contributed by atoms with Crippen molar-refractivity contribution in [2.24, 2.45) is 16.8 Å². The topological polar surface area (TPSA) is 50.4 Å². The van der Waals surface area contributed by atoms with Crippen LogP contribution in [0.3, 0.4) is 0 Å². The van der Waals surface area contributed by atoms with E-state index in [1.165, 1.54) is 12.8 Å². The highest BCUT2D eigenvalue weighted by molar-refractivity contribution is 5.64. The van der Waals surface area contributed by atoms with Gasteiger partial charge in [0.1, 0.15) is 0 Å². The largest absolute Gasteiger partial charge is 0.326 e. The van der Waals surface area contributed by atoms with E-state index in [-0.39, 0.29) is 0 Å². The molecule has 1 saturated carbocycles. The van der Waals surface area contributed by atoms with Crippen LogP contribution in [0.15, 0.2) is 5.10 Å². The van der Waals surface area contributed by atoms with Gasteiger partial charge in [0, 0.05) is 18.2 Å². The van der Waals surface area contributed by atoms with Gasteiger partial charge in [-0.15, -0.1) is 0 Å². The van der Waals surface area contributed by atoms with Crippen molar-refractivity contribution in [3.05, 3.63) is 0 Å². The highest BCUT2D eigenvalue weighted by Gasteiger charge is 2.32. The van der Waals surface area contributed by atoms with E-state index in [1.807, 2.05) is 6.21 Å². The Labute approximate surface area is 60.7 Å². The second-order valence-electron chi connectivity index (χ2n) is 3.19. The van der Waals surface area contributed by atoms with Crippen LogP contribution < -0.4 is 11.2 Å². The Morgan fingerprint density at radius 3 is 3.20 bits per heavy atom. The van der Waals surface area contributed by atoms with E-state index in [0.29, 0.717) is 18.0 Å². The van der Waals surface area contributed by atoms with Gasteiger partial charge >= 0.3 is 0 Å². The fourth-order valence-electron chi connectivity index (χ4n) is 1.85. The van der Waals surface area contributed by atoms with Gasteiger partial charge in [-0.1, -0.05) is 6.42 Å². The Balaban J connectivity index is 2.07. The Morgan fingerprint density at radius 2 is 2.40 bits per heavy atom. The summed E-state index contributed by atoms with van der Waals surface area (Å²) in [5.41, 5.74) is 8.93. The maximum absolute atomic E-state index is 5.88. The normalized spacial score (nSPS) is 44.7. The Kier molecular flexibility index (Phi) is 1.38. The number of nitrogens with zero attached hydrogens (tertiary/aromatic N) is 1. The predicted octanol–water partition coefficient (Wildman–Crippen LogP) is 0.0714. The summed E-state index contributed by atoms with van der Waals surface area (Å²) in [4.78, 5) is 0. The first-order chi connectivity index (χ1) is 4.88. The summed E-state index contributed by atoms with van der Waals surface area (Å²) in [6.45, 7) is 0. The van der Waals surface area contributed by atoms with Crippen LogP contribution in [0, 0.1) is 5.92 Å². The van der Waals surface area contributed by atoms with E-state index >= 15 is 0 Å². The monoisotopic (exact) mass is 139 g/mol. The molecule has 2 aliphatic rings. The van der Waals surface area contributed by atoms with Crippen molar-refractivity contribution >= 4 is 6.21 Å². The Morgan fingerprint density at radius 1 is 1.50 bits per heavy atom. The lowest BCUT2D eigenvalue weighted by Crippen LogP contribution is -2.47. The quantitative estimate of drug-likeness (QED) is 0.499. The molecule has 1 heterocycles. The molecule has 0 radical (unpaired) electrons. The van der Waals surface area contributed by atoms with Crippen molar-refractivity contribution in [1.29, 1.82) is 0 Å². The summed E-state index contributed by atoms with van der Waals surface area (Å²) in [7, 11) is 0. The number of hydrazone groups is 1. The number of fused-ring (bicyclic) bond motifs is 1. The molecule has 0 aromatic rings. The zero-order chi connectivity index (χ0) is 6.97. The summed E-state index contributed by atoms with van der Waals surface area (Å²) < 4.78 is 0. The molecule has 10 heavy (non-hydrogen) atoms. The van der Waals surface area contributed by atoms with Gasteiger partial charge in [0.2, 0.25) is 0 Å². The number of hydrogen-bond donors (Lipinski definition) is 2. The molecule has 56 valence electrons. The lowest BCUT2D eigenvalue weighted by Gasteiger charge is -2.29. The van der Waals surface area contributed by atoms with Crippen molar-refractivity contribution in [2.45, 2.75) is 31.3 Å². The second-order valence-corrected chi connectivity index (χ2v) is 3.19. The van der Waals surface area contributed by atoms with Crippen LogP contribution in [-0.2, 0) is 0 Å². The first-order valence-electron chi connectivity index (χ1n) is 3.92. The van der Waals surface area contributed by atoms with Crippen molar-refractivity contribution in [1.82, 2.24) is 5.43 Å². The first kappa shape index (κ1) is 6.16. The minimum Gasteiger partial charge on any atom is -0.326 e. The number of nitrogens with one attached hydrogen (secondary N) is 1. The zero-order valence-corrected chi connectivity index (χ0v) is 5.96. The molecular weight excluding hydrogens is 126 g/mol. The average Bonchev–Trinajstić information content (AvgIpc) is 2.36. The van der Waals surface area contributed by atoms with Gasteiger partial charge in [0.25, 0.3) is 0 Å². The molecule has 3 N–H and O–H groups in total. The highest BCUT2D eigenvalue weighted by Crippen LogP contribution is 2.24. The summed E-state index contributed by atoms with van der Waals surface area (Å²) in [5, 5.41) is 4.02. The van der Waals surface area contributed by atoms with Crippen LogP contribution in [0.5, 0.6) is 0 Å². The summed E-state index contributed by atoms with van der Waals surface area (Å²) in [5.74, 6) is 0.615. The maximum Gasteiger partial charge on any atom is 0.0669 e. The second kappa shape index (κ2) is 2.23. The van der Waals surface area contributed by atoms with Crippen LogP contribution in [0.4, 0.5) is 0 Å². The molecule has 3 unspecified atom stereocenters. The molecule has 3 atom stereocenters. The minimum absolute atomic E-state index is 0.321. The molecule has 0 aromatic heterocycles. The van der Waals surface area contributed by atoms with E-state index < -0.39 is 0 Å². The van der Waals surface area contributed by atoms with Gasteiger partial charge in [-0.3, -0.25) is 0 Å². The SMILES string of the molecule is NC1CCCC2C=NNC12. The third kappa shape index (κ3) is 0.814. The molecule has 1 aliphatic carbocycles. The molecule has 2 rings (SSSR count). The summed E-state index contributed by atoms with van der Waals surface area (Å²) in [6.07, 6.45) is 5.67. The Bertz CT molecular complexity index is 155. The van der Waals surface area contributed by atoms with Crippen molar-refractivity contribution in [3.63, 3.8) is 0 Å². The molecule has 0 aromatic carbocycles. The smallest absolute Gasteiger partial charge is 0.0669 e. The van der Waals surface area contributed by atoms with Gasteiger partial charge in [-0.2, -0.15) is 5.10 Å². The van der Waals surface area contributed by atoms with Gasteiger partial charge < -0.3 is 11.2 Å². The van der Waals surface area contributed by atoms with Crippen molar-refractivity contribution in [2.75, 3.05) is 0 Å². The third-order valence-corrected chi connectivity index (χ3v) is 2.49. The fourth-order valence-corrected chi connectivity index (χ4v) is 1.85. The molecule has 1 aliphatic heterocycles. The molecule has 0 amide bonds. The number of rotatable bonds is 0. The van der Waals surface area contributed by atoms with Crippen LogP contribution in [0.25, 0.3) is 0 Å². The van der Waals surface area contributed by atoms with Crippen molar-refractivity contribution in [3.8, 4) is 0 Å². The molecule has 0 spiro atoms. The van der Waals surface area contributed by atoms with E-state index in [0.717, 1.165) is 6.42 Å². The standard InChI is InChI=1S/C7H13N3/c8-6-3-1-2-5-4-9-10-7(5)6/h4-7,10H,1-3,8H2. The van der Waals surface area contributed by atoms with Gasteiger partial charge in [0.15, 0.2) is 0 Å². The van der Waals surface area contributed by atoms with Crippen LogP contribution in [0.2, 0.25) is 0 Å². The molecule has 0 saturated heterocycles. The molecule has 3 nitrogen and oxygen atoms in total. The van der Waals surface area contributed by atoms with E-state index in [9.17, 15) is 0 Å². The first-order valence-corrected chi connectivity index (χ1v) is 3.92. The zero-order valence-electron chi connectivity index (χ0n) is 5.96. The lowest BCUT2D eigenvalue weighted by molar-refractivity contribution is 0.311. The van der Waals surface area contributed by atoms with Crippen LogP contribution >= 0.6 is 0 Å². The van der Waals surface area contributed by atoms with Crippen LogP contribution in [-0.4, -0.2) is 18.3 Å². The number of hydrogen-bond acceptors (Lipinski definition) is 3. The molecular formula is C7H13N3. The van der Waals surface area contributed by atoms with E-state index in [1.54, 1.807) is 0 Å². The number of nitrogens with two attached hydrogens (primary N) is 1. The van der Waals surface area contributed by atoms with E-state index in [2.05, 4.69) is 10.5 Å². The molecule has 0 bridgehead atoms.